The van der Waals surface area contributed by atoms with E-state index in [1.165, 1.54) is 0 Å². The van der Waals surface area contributed by atoms with Crippen LogP contribution in [0.2, 0.25) is 0 Å². The molecule has 0 radical (unpaired) electrons. The topological polar surface area (TPSA) is 89.6 Å². The van der Waals surface area contributed by atoms with Crippen molar-refractivity contribution < 1.29 is 28.5 Å². The molecule has 1 aromatic rings. The summed E-state index contributed by atoms with van der Waals surface area (Å²) in [7, 11) is 5.16. The fourth-order valence-electron chi connectivity index (χ4n) is 5.17. The molecule has 9 heteroatoms. The van der Waals surface area contributed by atoms with E-state index in [9.17, 15) is 9.59 Å². The lowest BCUT2D eigenvalue weighted by molar-refractivity contribution is -0.137. The number of hydrogen-bond acceptors (Lipinski definition) is 7. The Balaban J connectivity index is 1.66. The quantitative estimate of drug-likeness (QED) is 0.401. The van der Waals surface area contributed by atoms with Crippen molar-refractivity contribution in [3.05, 3.63) is 23.8 Å². The van der Waals surface area contributed by atoms with E-state index in [0.717, 1.165) is 32.4 Å². The smallest absolute Gasteiger partial charge is 0.254 e. The van der Waals surface area contributed by atoms with E-state index in [1.54, 1.807) is 32.4 Å². The fourth-order valence-corrected chi connectivity index (χ4v) is 5.17. The second-order valence-electron chi connectivity index (χ2n) is 10.4. The zero-order valence-corrected chi connectivity index (χ0v) is 23.2. The van der Waals surface area contributed by atoms with Gasteiger partial charge in [-0.15, -0.1) is 0 Å². The van der Waals surface area contributed by atoms with Crippen LogP contribution in [0, 0.1) is 17.8 Å². The number of benzene rings is 1. The average molecular weight is 520 g/mol. The minimum Gasteiger partial charge on any atom is -0.493 e. The molecule has 1 aromatic carbocycles. The van der Waals surface area contributed by atoms with Crippen LogP contribution in [0.25, 0.3) is 0 Å². The highest BCUT2D eigenvalue weighted by Gasteiger charge is 2.34. The summed E-state index contributed by atoms with van der Waals surface area (Å²) >= 11 is 0. The third kappa shape index (κ3) is 8.06. The van der Waals surface area contributed by atoms with Crippen LogP contribution in [0.4, 0.5) is 0 Å². The molecule has 0 unspecified atom stereocenters. The van der Waals surface area contributed by atoms with Crippen LogP contribution >= 0.6 is 0 Å². The molecule has 0 aliphatic carbocycles. The Morgan fingerprint density at radius 1 is 1.05 bits per heavy atom. The van der Waals surface area contributed by atoms with Gasteiger partial charge in [-0.1, -0.05) is 0 Å². The summed E-state index contributed by atoms with van der Waals surface area (Å²) in [5.41, 5.74) is 0.575. The van der Waals surface area contributed by atoms with Gasteiger partial charge in [0.25, 0.3) is 5.91 Å². The predicted octanol–water partition coefficient (Wildman–Crippen LogP) is 2.68. The minimum atomic E-state index is -0.0309. The van der Waals surface area contributed by atoms with Gasteiger partial charge in [0.2, 0.25) is 5.91 Å². The van der Waals surface area contributed by atoms with E-state index in [2.05, 4.69) is 5.32 Å². The van der Waals surface area contributed by atoms with Gasteiger partial charge in [0.1, 0.15) is 0 Å². The van der Waals surface area contributed by atoms with Crippen molar-refractivity contribution in [1.29, 1.82) is 0 Å². The van der Waals surface area contributed by atoms with Gasteiger partial charge in [0.05, 0.1) is 13.7 Å². The maximum Gasteiger partial charge on any atom is 0.254 e. The van der Waals surface area contributed by atoms with Gasteiger partial charge < -0.3 is 34.1 Å². The van der Waals surface area contributed by atoms with Gasteiger partial charge in [-0.2, -0.15) is 0 Å². The van der Waals surface area contributed by atoms with E-state index in [-0.39, 0.29) is 29.7 Å². The number of nitrogens with one attached hydrogen (secondary N) is 1. The summed E-state index contributed by atoms with van der Waals surface area (Å²) in [5, 5.41) is 3.48. The zero-order chi connectivity index (χ0) is 26.8. The van der Waals surface area contributed by atoms with Crippen LogP contribution in [0.1, 0.15) is 43.5 Å². The molecule has 2 saturated heterocycles. The highest BCUT2D eigenvalue weighted by atomic mass is 16.5. The summed E-state index contributed by atoms with van der Waals surface area (Å²) in [5.74, 6) is 1.95. The second kappa shape index (κ2) is 14.5. The van der Waals surface area contributed by atoms with Crippen LogP contribution in [0.3, 0.4) is 0 Å². The van der Waals surface area contributed by atoms with Gasteiger partial charge in [-0.05, 0) is 56.7 Å². The van der Waals surface area contributed by atoms with E-state index < -0.39 is 0 Å². The molecule has 1 N–H and O–H groups in total. The largest absolute Gasteiger partial charge is 0.493 e. The first-order valence-electron chi connectivity index (χ1n) is 13.5. The molecule has 3 rings (SSSR count). The van der Waals surface area contributed by atoms with Crippen molar-refractivity contribution in [3.8, 4) is 11.5 Å². The Hall–Kier alpha value is -2.36. The first kappa shape index (κ1) is 29.2. The third-order valence-electron chi connectivity index (χ3n) is 7.41. The fraction of sp³-hybridized carbons (Fsp3) is 0.714. The number of carbonyl (C=O) groups excluding carboxylic acids is 2. The molecular weight excluding hydrogens is 474 g/mol. The van der Waals surface area contributed by atoms with Crippen LogP contribution in [-0.4, -0.2) is 102 Å². The van der Waals surface area contributed by atoms with Gasteiger partial charge in [-0.25, -0.2) is 0 Å². The number of methoxy groups -OCH3 is 2. The van der Waals surface area contributed by atoms with Crippen LogP contribution in [0.15, 0.2) is 18.2 Å². The lowest BCUT2D eigenvalue weighted by Gasteiger charge is -2.34. The molecule has 2 fully saturated rings. The van der Waals surface area contributed by atoms with Crippen molar-refractivity contribution in [1.82, 2.24) is 15.1 Å². The van der Waals surface area contributed by atoms with E-state index >= 15 is 0 Å². The Labute approximate surface area is 221 Å². The summed E-state index contributed by atoms with van der Waals surface area (Å²) < 4.78 is 21.8. The lowest BCUT2D eigenvalue weighted by atomic mass is 9.93. The standard InChI is InChI=1S/C28H45N3O6/c1-20(2)31(28(33)22-7-8-25(35-5)26(15-22)37-12-6-11-34-4)19-24-17-29-16-23(24)18-30(3)27(32)21-9-13-36-14-10-21/h7-8,15,20-21,23-24,29H,6,9-14,16-19H2,1-5H3/t23-,24-/m0/s1. The average Bonchev–Trinajstić information content (AvgIpc) is 3.35. The van der Waals surface area contributed by atoms with Gasteiger partial charge in [0.15, 0.2) is 11.5 Å². The van der Waals surface area contributed by atoms with Gasteiger partial charge in [0, 0.05) is 84.1 Å². The zero-order valence-electron chi connectivity index (χ0n) is 23.2. The minimum absolute atomic E-state index is 0.0309. The van der Waals surface area contributed by atoms with Crippen LogP contribution in [0.5, 0.6) is 11.5 Å². The molecule has 0 spiro atoms. The molecule has 2 aliphatic rings. The monoisotopic (exact) mass is 519 g/mol. The van der Waals surface area contributed by atoms with Crippen molar-refractivity contribution in [2.45, 2.75) is 39.2 Å². The molecule has 2 atom stereocenters. The molecule has 9 nitrogen and oxygen atoms in total. The van der Waals surface area contributed by atoms with E-state index in [0.29, 0.717) is 62.5 Å². The predicted molar refractivity (Wildman–Crippen MR) is 142 cm³/mol. The van der Waals surface area contributed by atoms with Gasteiger partial charge in [-0.3, -0.25) is 9.59 Å². The highest BCUT2D eigenvalue weighted by Crippen LogP contribution is 2.30. The second-order valence-corrected chi connectivity index (χ2v) is 10.4. The molecule has 2 aliphatic heterocycles. The summed E-state index contributed by atoms with van der Waals surface area (Å²) in [4.78, 5) is 30.4. The third-order valence-corrected chi connectivity index (χ3v) is 7.41. The van der Waals surface area contributed by atoms with Crippen LogP contribution in [-0.2, 0) is 14.3 Å². The SMILES string of the molecule is COCCCOc1cc(C(=O)N(C[C@@H]2CNC[C@H]2CN(C)C(=O)C2CCOCC2)C(C)C)ccc1OC. The maximum absolute atomic E-state index is 13.7. The number of amides is 2. The first-order chi connectivity index (χ1) is 17.8. The van der Waals surface area contributed by atoms with Crippen molar-refractivity contribution in [2.24, 2.45) is 17.8 Å². The van der Waals surface area contributed by atoms with E-state index in [4.69, 9.17) is 18.9 Å². The first-order valence-corrected chi connectivity index (χ1v) is 13.5. The number of ether oxygens (including phenoxy) is 4. The van der Waals surface area contributed by atoms with Crippen molar-refractivity contribution in [2.75, 3.05) is 73.9 Å². The molecule has 0 bridgehead atoms. The van der Waals surface area contributed by atoms with Crippen molar-refractivity contribution >= 4 is 11.8 Å². The Morgan fingerprint density at radius 3 is 2.41 bits per heavy atom. The Morgan fingerprint density at radius 2 is 1.76 bits per heavy atom. The number of hydrogen-bond donors (Lipinski definition) is 1. The molecule has 208 valence electrons. The molecular formula is C28H45N3O6. The number of rotatable bonds is 13. The summed E-state index contributed by atoms with van der Waals surface area (Å²) in [6.45, 7) is 9.49. The maximum atomic E-state index is 13.7. The van der Waals surface area contributed by atoms with Gasteiger partial charge >= 0.3 is 0 Å². The van der Waals surface area contributed by atoms with E-state index in [1.807, 2.05) is 30.7 Å². The molecule has 0 saturated carbocycles. The van der Waals surface area contributed by atoms with Crippen molar-refractivity contribution in [3.63, 3.8) is 0 Å². The Kier molecular flexibility index (Phi) is 11.5. The molecule has 2 heterocycles. The Bertz CT molecular complexity index is 873. The molecule has 37 heavy (non-hydrogen) atoms. The number of carbonyl (C=O) groups is 2. The lowest BCUT2D eigenvalue weighted by Crippen LogP contribution is -2.44. The highest BCUT2D eigenvalue weighted by molar-refractivity contribution is 5.95. The summed E-state index contributed by atoms with van der Waals surface area (Å²) in [6, 6.07) is 5.38. The van der Waals surface area contributed by atoms with Crippen LogP contribution < -0.4 is 14.8 Å². The molecule has 0 aromatic heterocycles. The number of nitrogens with zero attached hydrogens (tertiary/aromatic N) is 2. The normalized spacial score (nSPS) is 20.2. The summed E-state index contributed by atoms with van der Waals surface area (Å²) in [6.07, 6.45) is 2.34. The molecule has 2 amide bonds.